The molecule has 15 heavy (non-hydrogen) atoms. The van der Waals surface area contributed by atoms with Gasteiger partial charge in [0.2, 0.25) is 0 Å². The second kappa shape index (κ2) is 6.93. The largest absolute Gasteiger partial charge is 0.314 e. The van der Waals surface area contributed by atoms with Crippen molar-refractivity contribution in [2.75, 3.05) is 13.1 Å². The van der Waals surface area contributed by atoms with E-state index in [1.807, 2.05) is 5.51 Å². The van der Waals surface area contributed by atoms with Crippen molar-refractivity contribution in [1.29, 1.82) is 0 Å². The molecule has 0 saturated carbocycles. The van der Waals surface area contributed by atoms with Crippen LogP contribution in [0.3, 0.4) is 0 Å². The first-order valence-electron chi connectivity index (χ1n) is 5.53. The lowest BCUT2D eigenvalue weighted by molar-refractivity contribution is 0.548. The lowest BCUT2D eigenvalue weighted by Gasteiger charge is -2.08. The number of hydrogen-bond acceptors (Lipinski definition) is 4. The molecule has 0 fully saturated rings. The Morgan fingerprint density at radius 3 is 2.80 bits per heavy atom. The topological polar surface area (TPSA) is 37.0 Å². The summed E-state index contributed by atoms with van der Waals surface area (Å²) in [6.45, 7) is 9.53. The molecule has 0 spiro atoms. The van der Waals surface area contributed by atoms with E-state index in [0.29, 0.717) is 6.04 Å². The Bertz CT molecular complexity index is 271. The fraction of sp³-hybridized carbons (Fsp3) is 0.727. The normalized spacial score (nSPS) is 11.2. The molecule has 86 valence electrons. The molecular formula is C11H21N3S. The Morgan fingerprint density at radius 1 is 1.40 bits per heavy atom. The fourth-order valence-corrected chi connectivity index (χ4v) is 2.05. The minimum atomic E-state index is 0.591. The molecule has 0 aliphatic rings. The van der Waals surface area contributed by atoms with Crippen LogP contribution in [0.5, 0.6) is 0 Å². The number of thiazole rings is 1. The van der Waals surface area contributed by atoms with Gasteiger partial charge in [-0.15, -0.1) is 11.3 Å². The van der Waals surface area contributed by atoms with Crippen LogP contribution in [0.4, 0.5) is 0 Å². The number of hydrogen-bond donors (Lipinski definition) is 2. The Hall–Kier alpha value is -0.450. The Morgan fingerprint density at radius 2 is 2.20 bits per heavy atom. The molecule has 1 heterocycles. The van der Waals surface area contributed by atoms with E-state index < -0.39 is 0 Å². The maximum absolute atomic E-state index is 4.22. The van der Waals surface area contributed by atoms with Crippen molar-refractivity contribution in [1.82, 2.24) is 15.6 Å². The predicted molar refractivity (Wildman–Crippen MR) is 66.3 cm³/mol. The van der Waals surface area contributed by atoms with E-state index in [2.05, 4.69) is 36.4 Å². The van der Waals surface area contributed by atoms with Gasteiger partial charge in [0.05, 0.1) is 11.2 Å². The summed E-state index contributed by atoms with van der Waals surface area (Å²) < 4.78 is 0. The molecule has 1 aromatic heterocycles. The van der Waals surface area contributed by atoms with E-state index in [4.69, 9.17) is 0 Å². The summed E-state index contributed by atoms with van der Waals surface area (Å²) >= 11 is 1.73. The van der Waals surface area contributed by atoms with Gasteiger partial charge in [0, 0.05) is 17.5 Å². The fourth-order valence-electron chi connectivity index (χ4n) is 1.30. The average molecular weight is 227 g/mol. The van der Waals surface area contributed by atoms with E-state index in [1.54, 1.807) is 11.3 Å². The van der Waals surface area contributed by atoms with Crippen molar-refractivity contribution >= 4 is 11.3 Å². The highest BCUT2D eigenvalue weighted by molar-refractivity contribution is 7.09. The number of rotatable bonds is 7. The third-order valence-corrected chi connectivity index (χ3v) is 3.15. The minimum Gasteiger partial charge on any atom is -0.314 e. The van der Waals surface area contributed by atoms with E-state index in [9.17, 15) is 0 Å². The molecule has 0 atom stereocenters. The Labute approximate surface area is 96.3 Å². The minimum absolute atomic E-state index is 0.591. The lowest BCUT2D eigenvalue weighted by atomic mass is 10.3. The molecule has 0 bridgehead atoms. The summed E-state index contributed by atoms with van der Waals surface area (Å²) in [5.41, 5.74) is 3.07. The first-order valence-corrected chi connectivity index (χ1v) is 6.41. The van der Waals surface area contributed by atoms with Crippen molar-refractivity contribution in [3.05, 3.63) is 16.1 Å². The molecule has 0 amide bonds. The molecule has 0 aromatic carbocycles. The van der Waals surface area contributed by atoms with Gasteiger partial charge in [-0.25, -0.2) is 4.98 Å². The summed E-state index contributed by atoms with van der Waals surface area (Å²) in [4.78, 5) is 5.57. The van der Waals surface area contributed by atoms with Crippen LogP contribution < -0.4 is 10.6 Å². The van der Waals surface area contributed by atoms with Gasteiger partial charge < -0.3 is 10.6 Å². The first-order chi connectivity index (χ1) is 7.20. The summed E-state index contributed by atoms with van der Waals surface area (Å²) in [5, 5.41) is 6.83. The molecule has 3 nitrogen and oxygen atoms in total. The zero-order valence-corrected chi connectivity index (χ0v) is 10.7. The summed E-state index contributed by atoms with van der Waals surface area (Å²) in [5.74, 6) is 0. The van der Waals surface area contributed by atoms with Crippen LogP contribution in [0, 0.1) is 6.92 Å². The average Bonchev–Trinajstić information content (AvgIpc) is 2.57. The maximum atomic E-state index is 4.22. The lowest BCUT2D eigenvalue weighted by Crippen LogP contribution is -2.26. The monoisotopic (exact) mass is 227 g/mol. The summed E-state index contributed by atoms with van der Waals surface area (Å²) in [6.07, 6.45) is 1.18. The highest BCUT2D eigenvalue weighted by Gasteiger charge is 1.99. The van der Waals surface area contributed by atoms with E-state index in [-0.39, 0.29) is 0 Å². The molecule has 1 aromatic rings. The van der Waals surface area contributed by atoms with Gasteiger partial charge in [0.25, 0.3) is 0 Å². The molecule has 1 rings (SSSR count). The van der Waals surface area contributed by atoms with Crippen molar-refractivity contribution < 1.29 is 0 Å². The van der Waals surface area contributed by atoms with Crippen LogP contribution in [0.25, 0.3) is 0 Å². The van der Waals surface area contributed by atoms with E-state index >= 15 is 0 Å². The summed E-state index contributed by atoms with van der Waals surface area (Å²) in [6, 6.07) is 0.591. The second-order valence-electron chi connectivity index (χ2n) is 4.00. The summed E-state index contributed by atoms with van der Waals surface area (Å²) in [7, 11) is 0. The number of nitrogens with zero attached hydrogens (tertiary/aromatic N) is 1. The third kappa shape index (κ3) is 5.25. The van der Waals surface area contributed by atoms with Gasteiger partial charge in [0.15, 0.2) is 0 Å². The smallest absolute Gasteiger partial charge is 0.0798 e. The zero-order valence-electron chi connectivity index (χ0n) is 9.84. The second-order valence-corrected chi connectivity index (χ2v) is 4.94. The highest BCUT2D eigenvalue weighted by atomic mass is 32.1. The van der Waals surface area contributed by atoms with Gasteiger partial charge >= 0.3 is 0 Å². The SMILES string of the molecule is Cc1ncsc1CNCCCNC(C)C. The standard InChI is InChI=1S/C11H21N3S/c1-9(2)13-6-4-5-12-7-11-10(3)14-8-15-11/h8-9,12-13H,4-7H2,1-3H3. The zero-order chi connectivity index (χ0) is 11.1. The molecular weight excluding hydrogens is 206 g/mol. The van der Waals surface area contributed by atoms with Gasteiger partial charge in [0.1, 0.15) is 0 Å². The van der Waals surface area contributed by atoms with Gasteiger partial charge in [-0.05, 0) is 26.4 Å². The van der Waals surface area contributed by atoms with Crippen molar-refractivity contribution in [3.63, 3.8) is 0 Å². The quantitative estimate of drug-likeness (QED) is 0.699. The van der Waals surface area contributed by atoms with Crippen LogP contribution in [0.2, 0.25) is 0 Å². The number of aryl methyl sites for hydroxylation is 1. The van der Waals surface area contributed by atoms with Crippen LogP contribution in [0.15, 0.2) is 5.51 Å². The molecule has 2 N–H and O–H groups in total. The van der Waals surface area contributed by atoms with E-state index in [0.717, 1.165) is 25.3 Å². The van der Waals surface area contributed by atoms with Crippen LogP contribution in [0.1, 0.15) is 30.8 Å². The van der Waals surface area contributed by atoms with E-state index in [1.165, 1.54) is 11.3 Å². The molecule has 4 heteroatoms. The molecule has 0 radical (unpaired) electrons. The van der Waals surface area contributed by atoms with Crippen molar-refractivity contribution in [2.24, 2.45) is 0 Å². The van der Waals surface area contributed by atoms with Crippen LogP contribution >= 0.6 is 11.3 Å². The molecule has 0 unspecified atom stereocenters. The third-order valence-electron chi connectivity index (χ3n) is 2.21. The highest BCUT2D eigenvalue weighted by Crippen LogP contribution is 2.10. The Balaban J connectivity index is 2.00. The molecule has 0 aliphatic heterocycles. The number of nitrogens with one attached hydrogen (secondary N) is 2. The van der Waals surface area contributed by atoms with Crippen molar-refractivity contribution in [2.45, 2.75) is 39.8 Å². The molecule has 0 saturated heterocycles. The Kier molecular flexibility index (Phi) is 5.83. The van der Waals surface area contributed by atoms with Gasteiger partial charge in [-0.1, -0.05) is 13.8 Å². The number of aromatic nitrogens is 1. The predicted octanol–water partition coefficient (Wildman–Crippen LogP) is 1.93. The van der Waals surface area contributed by atoms with Gasteiger partial charge in [-0.3, -0.25) is 0 Å². The van der Waals surface area contributed by atoms with Crippen molar-refractivity contribution in [3.8, 4) is 0 Å². The van der Waals surface area contributed by atoms with Gasteiger partial charge in [-0.2, -0.15) is 0 Å². The van der Waals surface area contributed by atoms with Crippen LogP contribution in [-0.2, 0) is 6.54 Å². The maximum Gasteiger partial charge on any atom is 0.0798 e. The van der Waals surface area contributed by atoms with Crippen LogP contribution in [-0.4, -0.2) is 24.1 Å². The molecule has 0 aliphatic carbocycles. The first kappa shape index (κ1) is 12.6.